The van der Waals surface area contributed by atoms with Gasteiger partial charge in [0.2, 0.25) is 0 Å². The van der Waals surface area contributed by atoms with E-state index >= 15 is 0 Å². The lowest BCUT2D eigenvalue weighted by Gasteiger charge is -2.14. The number of benzene rings is 2. The maximum absolute atomic E-state index is 12.7. The van der Waals surface area contributed by atoms with Crippen LogP contribution in [0, 0.1) is 3.57 Å². The number of amides is 3. The van der Waals surface area contributed by atoms with Crippen LogP contribution in [0.25, 0.3) is 6.08 Å². The molecular weight excluding hydrogens is 503 g/mol. The largest absolute Gasteiger partial charge is 0.490 e. The molecule has 0 bridgehead atoms. The fourth-order valence-corrected chi connectivity index (χ4v) is 3.64. The molecule has 2 N–H and O–H groups in total. The molecular formula is C21H19IN2O6. The summed E-state index contributed by atoms with van der Waals surface area (Å²) in [5.74, 6) is -0.856. The van der Waals surface area contributed by atoms with E-state index in [1.807, 2.05) is 52.9 Å². The second-order valence-corrected chi connectivity index (χ2v) is 7.47. The van der Waals surface area contributed by atoms with Gasteiger partial charge in [0.15, 0.2) is 18.1 Å². The fourth-order valence-electron chi connectivity index (χ4n) is 2.86. The van der Waals surface area contributed by atoms with Crippen LogP contribution in [0.1, 0.15) is 18.1 Å². The maximum atomic E-state index is 12.7. The molecule has 0 aromatic heterocycles. The molecule has 2 aromatic rings. The molecule has 0 atom stereocenters. The Hall–Kier alpha value is -3.08. The number of carboxylic acid groups (broad SMARTS) is 1. The highest BCUT2D eigenvalue weighted by Crippen LogP contribution is 2.35. The summed E-state index contributed by atoms with van der Waals surface area (Å²) >= 11 is 2.00. The van der Waals surface area contributed by atoms with Crippen molar-refractivity contribution in [3.05, 3.63) is 62.9 Å². The van der Waals surface area contributed by atoms with Crippen LogP contribution in [0.4, 0.5) is 4.79 Å². The van der Waals surface area contributed by atoms with E-state index in [4.69, 9.17) is 14.6 Å². The van der Waals surface area contributed by atoms with Crippen LogP contribution >= 0.6 is 22.6 Å². The number of imide groups is 1. The highest BCUT2D eigenvalue weighted by atomic mass is 127. The zero-order valence-corrected chi connectivity index (χ0v) is 18.2. The van der Waals surface area contributed by atoms with Gasteiger partial charge < -0.3 is 19.9 Å². The van der Waals surface area contributed by atoms with Crippen molar-refractivity contribution in [3.8, 4) is 11.5 Å². The molecule has 0 spiro atoms. The average molecular weight is 522 g/mol. The van der Waals surface area contributed by atoms with Crippen molar-refractivity contribution < 1.29 is 29.0 Å². The first-order valence-corrected chi connectivity index (χ1v) is 10.2. The maximum Gasteiger partial charge on any atom is 0.341 e. The second-order valence-electron chi connectivity index (χ2n) is 6.31. The van der Waals surface area contributed by atoms with Crippen molar-refractivity contribution in [2.45, 2.75) is 13.5 Å². The average Bonchev–Trinajstić information content (AvgIpc) is 2.95. The molecule has 0 saturated carbocycles. The van der Waals surface area contributed by atoms with Crippen LogP contribution < -0.4 is 14.8 Å². The van der Waals surface area contributed by atoms with Crippen molar-refractivity contribution in [1.82, 2.24) is 10.2 Å². The van der Waals surface area contributed by atoms with Crippen molar-refractivity contribution >= 4 is 46.6 Å². The van der Waals surface area contributed by atoms with E-state index < -0.39 is 24.5 Å². The number of halogens is 1. The standard InChI is InChI=1S/C21H19IN2O6/c1-2-29-17-10-14(8-15(22)19(17)30-12-18(25)26)9-16-20(27)24(21(28)23-16)11-13-6-4-3-5-7-13/h3-10H,2,11-12H2,1H3,(H,23,28)(H,25,26)/b16-9+. The highest BCUT2D eigenvalue weighted by molar-refractivity contribution is 14.1. The summed E-state index contributed by atoms with van der Waals surface area (Å²) in [5, 5.41) is 11.4. The minimum absolute atomic E-state index is 0.147. The fraction of sp³-hybridized carbons (Fsp3) is 0.190. The molecule has 8 nitrogen and oxygen atoms in total. The van der Waals surface area contributed by atoms with Gasteiger partial charge >= 0.3 is 12.0 Å². The van der Waals surface area contributed by atoms with Gasteiger partial charge in [0, 0.05) is 0 Å². The molecule has 1 heterocycles. The minimum atomic E-state index is -1.10. The van der Waals surface area contributed by atoms with Gasteiger partial charge in [-0.25, -0.2) is 9.59 Å². The lowest BCUT2D eigenvalue weighted by Crippen LogP contribution is -2.30. The van der Waals surface area contributed by atoms with Gasteiger partial charge in [-0.2, -0.15) is 0 Å². The third-order valence-electron chi connectivity index (χ3n) is 4.13. The molecule has 0 radical (unpaired) electrons. The number of nitrogens with zero attached hydrogens (tertiary/aromatic N) is 1. The van der Waals surface area contributed by atoms with Gasteiger partial charge in [-0.3, -0.25) is 9.69 Å². The van der Waals surface area contributed by atoms with Crippen LogP contribution in [-0.2, 0) is 16.1 Å². The van der Waals surface area contributed by atoms with Gasteiger partial charge in [-0.15, -0.1) is 0 Å². The molecule has 1 aliphatic heterocycles. The number of hydrogen-bond donors (Lipinski definition) is 2. The van der Waals surface area contributed by atoms with E-state index in [1.54, 1.807) is 25.1 Å². The van der Waals surface area contributed by atoms with E-state index in [2.05, 4.69) is 5.32 Å². The first-order valence-electron chi connectivity index (χ1n) is 9.08. The van der Waals surface area contributed by atoms with E-state index in [-0.39, 0.29) is 12.2 Å². The third kappa shape index (κ3) is 5.09. The molecule has 0 unspecified atom stereocenters. The Balaban J connectivity index is 1.86. The molecule has 1 fully saturated rings. The van der Waals surface area contributed by atoms with E-state index in [0.717, 1.165) is 10.5 Å². The number of carbonyl (C=O) groups excluding carboxylic acids is 2. The summed E-state index contributed by atoms with van der Waals surface area (Å²) in [6.45, 7) is 1.81. The molecule has 2 aromatic carbocycles. The quantitative estimate of drug-likeness (QED) is 0.314. The van der Waals surface area contributed by atoms with Crippen molar-refractivity contribution in [2.24, 2.45) is 0 Å². The number of hydrogen-bond acceptors (Lipinski definition) is 5. The van der Waals surface area contributed by atoms with E-state index in [1.165, 1.54) is 0 Å². The Bertz CT molecular complexity index is 1010. The Morgan fingerprint density at radius 3 is 2.60 bits per heavy atom. The minimum Gasteiger partial charge on any atom is -0.490 e. The predicted octanol–water partition coefficient (Wildman–Crippen LogP) is 3.25. The smallest absolute Gasteiger partial charge is 0.341 e. The molecule has 0 aliphatic carbocycles. The van der Waals surface area contributed by atoms with Crippen LogP contribution in [0.5, 0.6) is 11.5 Å². The lowest BCUT2D eigenvalue weighted by atomic mass is 10.1. The molecule has 30 heavy (non-hydrogen) atoms. The third-order valence-corrected chi connectivity index (χ3v) is 4.93. The monoisotopic (exact) mass is 522 g/mol. The van der Waals surface area contributed by atoms with Crippen LogP contribution in [0.2, 0.25) is 0 Å². The zero-order valence-electron chi connectivity index (χ0n) is 16.1. The molecule has 1 aliphatic rings. The lowest BCUT2D eigenvalue weighted by molar-refractivity contribution is -0.139. The van der Waals surface area contributed by atoms with Gasteiger partial charge in [0.1, 0.15) is 5.70 Å². The Morgan fingerprint density at radius 2 is 1.93 bits per heavy atom. The van der Waals surface area contributed by atoms with Crippen molar-refractivity contribution in [3.63, 3.8) is 0 Å². The van der Waals surface area contributed by atoms with Crippen LogP contribution in [-0.4, -0.2) is 41.1 Å². The number of nitrogens with one attached hydrogen (secondary N) is 1. The zero-order chi connectivity index (χ0) is 21.7. The summed E-state index contributed by atoms with van der Waals surface area (Å²) in [4.78, 5) is 37.0. The number of rotatable bonds is 8. The van der Waals surface area contributed by atoms with Gasteiger partial charge in [0.05, 0.1) is 16.7 Å². The van der Waals surface area contributed by atoms with Crippen LogP contribution in [0.3, 0.4) is 0 Å². The first-order chi connectivity index (χ1) is 14.4. The van der Waals surface area contributed by atoms with Crippen molar-refractivity contribution in [1.29, 1.82) is 0 Å². The predicted molar refractivity (Wildman–Crippen MR) is 117 cm³/mol. The number of carboxylic acids is 1. The van der Waals surface area contributed by atoms with E-state index in [0.29, 0.717) is 27.2 Å². The molecule has 3 rings (SSSR count). The summed E-state index contributed by atoms with van der Waals surface area (Å²) in [7, 11) is 0. The summed E-state index contributed by atoms with van der Waals surface area (Å²) in [6, 6.07) is 12.1. The summed E-state index contributed by atoms with van der Waals surface area (Å²) in [6.07, 6.45) is 1.55. The summed E-state index contributed by atoms with van der Waals surface area (Å²) < 4.78 is 11.5. The van der Waals surface area contributed by atoms with Gasteiger partial charge in [-0.05, 0) is 58.9 Å². The SMILES string of the molecule is CCOc1cc(/C=C2/NC(=O)N(Cc3ccccc3)C2=O)cc(I)c1OCC(=O)O. The Kier molecular flexibility index (Phi) is 6.93. The Morgan fingerprint density at radius 1 is 1.20 bits per heavy atom. The highest BCUT2D eigenvalue weighted by Gasteiger charge is 2.33. The Labute approximate surface area is 186 Å². The van der Waals surface area contributed by atoms with Crippen LogP contribution in [0.15, 0.2) is 48.2 Å². The second kappa shape index (κ2) is 9.61. The molecule has 3 amide bonds. The van der Waals surface area contributed by atoms with E-state index in [9.17, 15) is 14.4 Å². The van der Waals surface area contributed by atoms with Gasteiger partial charge in [0.25, 0.3) is 5.91 Å². The van der Waals surface area contributed by atoms with Gasteiger partial charge in [-0.1, -0.05) is 30.3 Å². The molecule has 1 saturated heterocycles. The number of carbonyl (C=O) groups is 3. The summed E-state index contributed by atoms with van der Waals surface area (Å²) in [5.41, 5.74) is 1.60. The number of ether oxygens (including phenoxy) is 2. The van der Waals surface area contributed by atoms with Crippen molar-refractivity contribution in [2.75, 3.05) is 13.2 Å². The number of aliphatic carboxylic acids is 1. The number of urea groups is 1. The molecule has 156 valence electrons. The molecule has 9 heteroatoms. The topological polar surface area (TPSA) is 105 Å². The normalized spacial score (nSPS) is 14.7. The first kappa shape index (κ1) is 21.6.